The predicted octanol–water partition coefficient (Wildman–Crippen LogP) is 3.18. The van der Waals surface area contributed by atoms with Crippen molar-refractivity contribution in [3.8, 4) is 5.75 Å². The molecule has 4 saturated carbocycles. The first-order valence-corrected chi connectivity index (χ1v) is 12.3. The van der Waals surface area contributed by atoms with Crippen LogP contribution in [-0.4, -0.2) is 44.4 Å². The summed E-state index contributed by atoms with van der Waals surface area (Å²) < 4.78 is 33.0. The van der Waals surface area contributed by atoms with Crippen LogP contribution in [0.4, 0.5) is 0 Å². The second kappa shape index (κ2) is 6.98. The summed E-state index contributed by atoms with van der Waals surface area (Å²) in [6, 6.07) is 4.79. The number of methoxy groups -OCH3 is 1. The Morgan fingerprint density at radius 2 is 1.66 bits per heavy atom. The molecule has 0 unspecified atom stereocenters. The Morgan fingerprint density at radius 3 is 2.21 bits per heavy atom. The van der Waals surface area contributed by atoms with E-state index in [-0.39, 0.29) is 16.3 Å². The number of hydrogen-bond acceptors (Lipinski definition) is 4. The number of nitrogens with zero attached hydrogens (tertiary/aromatic N) is 1. The van der Waals surface area contributed by atoms with E-state index in [0.29, 0.717) is 24.4 Å². The molecule has 1 saturated heterocycles. The first kappa shape index (κ1) is 19.4. The van der Waals surface area contributed by atoms with E-state index in [1.807, 2.05) is 0 Å². The SMILES string of the molecule is COc1ccc(C(=O)NC23CC4CC(CC(C4)C2)C3)cc1S(=O)(=O)N1CCCC1. The Balaban J connectivity index is 1.42. The summed E-state index contributed by atoms with van der Waals surface area (Å²) in [5.74, 6) is 2.35. The van der Waals surface area contributed by atoms with Crippen LogP contribution in [0.1, 0.15) is 61.7 Å². The van der Waals surface area contributed by atoms with E-state index in [1.54, 1.807) is 12.1 Å². The van der Waals surface area contributed by atoms with Gasteiger partial charge in [0.25, 0.3) is 5.91 Å². The highest BCUT2D eigenvalue weighted by atomic mass is 32.2. The van der Waals surface area contributed by atoms with Crippen molar-refractivity contribution in [2.24, 2.45) is 17.8 Å². The van der Waals surface area contributed by atoms with E-state index in [9.17, 15) is 13.2 Å². The number of carbonyl (C=O) groups is 1. The lowest BCUT2D eigenvalue weighted by atomic mass is 9.53. The second-order valence-electron chi connectivity index (χ2n) is 9.63. The van der Waals surface area contributed by atoms with Gasteiger partial charge in [0.1, 0.15) is 10.6 Å². The second-order valence-corrected chi connectivity index (χ2v) is 11.5. The Labute approximate surface area is 173 Å². The zero-order valence-electron chi connectivity index (χ0n) is 17.0. The minimum absolute atomic E-state index is 0.0973. The molecule has 4 bridgehead atoms. The Hall–Kier alpha value is -1.60. The molecule has 6 nitrogen and oxygen atoms in total. The van der Waals surface area contributed by atoms with Gasteiger partial charge in [-0.1, -0.05) is 0 Å². The highest BCUT2D eigenvalue weighted by molar-refractivity contribution is 7.89. The highest BCUT2D eigenvalue weighted by Gasteiger charge is 2.51. The first-order chi connectivity index (χ1) is 13.9. The molecule has 0 atom stereocenters. The third kappa shape index (κ3) is 3.36. The monoisotopic (exact) mass is 418 g/mol. The maximum absolute atomic E-state index is 13.2. The molecule has 1 amide bonds. The van der Waals surface area contributed by atoms with Gasteiger partial charge < -0.3 is 10.1 Å². The maximum Gasteiger partial charge on any atom is 0.251 e. The molecule has 7 heteroatoms. The van der Waals surface area contributed by atoms with Crippen molar-refractivity contribution >= 4 is 15.9 Å². The smallest absolute Gasteiger partial charge is 0.251 e. The average molecular weight is 419 g/mol. The predicted molar refractivity (Wildman–Crippen MR) is 109 cm³/mol. The molecule has 5 fully saturated rings. The molecule has 1 N–H and O–H groups in total. The van der Waals surface area contributed by atoms with Crippen LogP contribution in [0.2, 0.25) is 0 Å². The lowest BCUT2D eigenvalue weighted by Crippen LogP contribution is -2.59. The van der Waals surface area contributed by atoms with Gasteiger partial charge in [-0.3, -0.25) is 4.79 Å². The Kier molecular flexibility index (Phi) is 4.66. The zero-order valence-corrected chi connectivity index (χ0v) is 17.8. The molecular weight excluding hydrogens is 388 g/mol. The topological polar surface area (TPSA) is 75.7 Å². The van der Waals surface area contributed by atoms with E-state index >= 15 is 0 Å². The molecular formula is C22H30N2O4S. The Morgan fingerprint density at radius 1 is 1.07 bits per heavy atom. The molecule has 29 heavy (non-hydrogen) atoms. The van der Waals surface area contributed by atoms with Crippen molar-refractivity contribution in [2.75, 3.05) is 20.2 Å². The van der Waals surface area contributed by atoms with Crippen LogP contribution >= 0.6 is 0 Å². The number of benzene rings is 1. The zero-order chi connectivity index (χ0) is 20.2. The van der Waals surface area contributed by atoms with E-state index in [4.69, 9.17) is 4.74 Å². The molecule has 0 aromatic heterocycles. The summed E-state index contributed by atoms with van der Waals surface area (Å²) >= 11 is 0. The van der Waals surface area contributed by atoms with Gasteiger partial charge in [0, 0.05) is 24.2 Å². The van der Waals surface area contributed by atoms with Crippen molar-refractivity contribution in [1.29, 1.82) is 0 Å². The normalized spacial score (nSPS) is 33.8. The quantitative estimate of drug-likeness (QED) is 0.797. The van der Waals surface area contributed by atoms with E-state index in [2.05, 4.69) is 5.32 Å². The number of hydrogen-bond donors (Lipinski definition) is 1. The summed E-state index contributed by atoms with van der Waals surface area (Å²) in [5, 5.41) is 3.34. The molecule has 6 rings (SSSR count). The fourth-order valence-corrected chi connectivity index (χ4v) is 8.36. The van der Waals surface area contributed by atoms with Gasteiger partial charge in [0.2, 0.25) is 10.0 Å². The van der Waals surface area contributed by atoms with Gasteiger partial charge in [-0.2, -0.15) is 4.31 Å². The third-order valence-electron chi connectivity index (χ3n) is 7.53. The molecule has 1 heterocycles. The highest BCUT2D eigenvalue weighted by Crippen LogP contribution is 2.55. The number of rotatable bonds is 5. The van der Waals surface area contributed by atoms with Crippen LogP contribution in [0.5, 0.6) is 5.75 Å². The van der Waals surface area contributed by atoms with Crippen LogP contribution in [0.15, 0.2) is 23.1 Å². The van der Waals surface area contributed by atoms with E-state index in [1.165, 1.54) is 36.7 Å². The summed E-state index contributed by atoms with van der Waals surface area (Å²) in [6.45, 7) is 1.05. The molecule has 1 aliphatic heterocycles. The standard InChI is InChI=1S/C22H30N2O4S/c1-28-19-5-4-18(11-20(19)29(26,27)24-6-2-3-7-24)21(25)23-22-12-15-8-16(13-22)10-17(9-15)14-22/h4-5,11,15-17H,2-3,6-10,12-14H2,1H3,(H,23,25). The van der Waals surface area contributed by atoms with Gasteiger partial charge in [-0.05, 0) is 87.3 Å². The summed E-state index contributed by atoms with van der Waals surface area (Å²) in [5.41, 5.74) is 0.305. The average Bonchev–Trinajstić information content (AvgIpc) is 3.21. The van der Waals surface area contributed by atoms with Crippen molar-refractivity contribution in [1.82, 2.24) is 9.62 Å². The molecule has 4 aliphatic carbocycles. The fraction of sp³-hybridized carbons (Fsp3) is 0.682. The summed E-state index contributed by atoms with van der Waals surface area (Å²) in [4.78, 5) is 13.3. The number of sulfonamides is 1. The molecule has 158 valence electrons. The van der Waals surface area contributed by atoms with Gasteiger partial charge in [0.05, 0.1) is 7.11 Å². The van der Waals surface area contributed by atoms with Gasteiger partial charge in [-0.15, -0.1) is 0 Å². The third-order valence-corrected chi connectivity index (χ3v) is 9.45. The van der Waals surface area contributed by atoms with Crippen LogP contribution in [0.25, 0.3) is 0 Å². The number of ether oxygens (including phenoxy) is 1. The van der Waals surface area contributed by atoms with E-state index < -0.39 is 10.0 Å². The van der Waals surface area contributed by atoms with Crippen molar-refractivity contribution in [3.63, 3.8) is 0 Å². The summed E-state index contributed by atoms with van der Waals surface area (Å²) in [7, 11) is -2.20. The van der Waals surface area contributed by atoms with Crippen LogP contribution in [-0.2, 0) is 10.0 Å². The molecule has 1 aromatic carbocycles. The van der Waals surface area contributed by atoms with Gasteiger partial charge in [0.15, 0.2) is 0 Å². The number of carbonyl (C=O) groups excluding carboxylic acids is 1. The van der Waals surface area contributed by atoms with Crippen LogP contribution in [0, 0.1) is 17.8 Å². The maximum atomic E-state index is 13.2. The van der Waals surface area contributed by atoms with Crippen LogP contribution < -0.4 is 10.1 Å². The lowest BCUT2D eigenvalue weighted by Gasteiger charge is -2.56. The van der Waals surface area contributed by atoms with Gasteiger partial charge >= 0.3 is 0 Å². The molecule has 0 radical (unpaired) electrons. The van der Waals surface area contributed by atoms with Crippen molar-refractivity contribution in [3.05, 3.63) is 23.8 Å². The summed E-state index contributed by atoms with van der Waals surface area (Å²) in [6.07, 6.45) is 8.89. The van der Waals surface area contributed by atoms with Crippen molar-refractivity contribution < 1.29 is 17.9 Å². The Bertz CT molecular complexity index is 885. The molecule has 5 aliphatic rings. The lowest BCUT2D eigenvalue weighted by molar-refractivity contribution is -0.0167. The van der Waals surface area contributed by atoms with Crippen LogP contribution in [0.3, 0.4) is 0 Å². The van der Waals surface area contributed by atoms with Gasteiger partial charge in [-0.25, -0.2) is 8.42 Å². The molecule has 0 spiro atoms. The number of amides is 1. The first-order valence-electron chi connectivity index (χ1n) is 10.9. The number of nitrogens with one attached hydrogen (secondary N) is 1. The minimum atomic E-state index is -3.66. The fourth-order valence-electron chi connectivity index (χ4n) is 6.66. The van der Waals surface area contributed by atoms with Crippen molar-refractivity contribution in [2.45, 2.75) is 61.8 Å². The minimum Gasteiger partial charge on any atom is -0.495 e. The largest absolute Gasteiger partial charge is 0.495 e. The molecule has 1 aromatic rings. The van der Waals surface area contributed by atoms with E-state index in [0.717, 1.165) is 49.9 Å².